The monoisotopic (exact) mass is 230 g/mol. The predicted molar refractivity (Wildman–Crippen MR) is 53.8 cm³/mol. The Hall–Kier alpha value is -1.85. The molecule has 2 N–H and O–H groups in total. The van der Waals surface area contributed by atoms with Crippen LogP contribution in [0.15, 0.2) is 12.2 Å². The van der Waals surface area contributed by atoms with Crippen LogP contribution >= 0.6 is 0 Å². The molecule has 1 atom stereocenters. The molecule has 6 nitrogen and oxygen atoms in total. The highest BCUT2D eigenvalue weighted by molar-refractivity contribution is 5.88. The molecule has 0 amide bonds. The molecule has 0 radical (unpaired) electrons. The number of hydrogen-bond donors (Lipinski definition) is 2. The number of methoxy groups -OCH3 is 1. The number of carboxylic acid groups (broad SMARTS) is 2. The lowest BCUT2D eigenvalue weighted by Crippen LogP contribution is -2.18. The fraction of sp³-hybridized carbons (Fsp3) is 0.500. The topological polar surface area (TPSA) is 101 Å². The first kappa shape index (κ1) is 14.2. The molecular weight excluding hydrogens is 216 g/mol. The van der Waals surface area contributed by atoms with Gasteiger partial charge < -0.3 is 14.9 Å². The van der Waals surface area contributed by atoms with Crippen molar-refractivity contribution >= 4 is 17.9 Å². The Morgan fingerprint density at radius 1 is 1.31 bits per heavy atom. The fourth-order valence-electron chi connectivity index (χ4n) is 1.14. The van der Waals surface area contributed by atoms with Crippen LogP contribution in [0.3, 0.4) is 0 Å². The van der Waals surface area contributed by atoms with Gasteiger partial charge in [-0.05, 0) is 12.8 Å². The van der Waals surface area contributed by atoms with Crippen LogP contribution in [0.5, 0.6) is 0 Å². The highest BCUT2D eigenvalue weighted by atomic mass is 16.5. The van der Waals surface area contributed by atoms with Crippen molar-refractivity contribution in [2.75, 3.05) is 7.11 Å². The zero-order chi connectivity index (χ0) is 12.7. The van der Waals surface area contributed by atoms with Gasteiger partial charge >= 0.3 is 17.9 Å². The maximum absolute atomic E-state index is 11.0. The number of ether oxygens (including phenoxy) is 1. The van der Waals surface area contributed by atoms with Gasteiger partial charge in [0.05, 0.1) is 13.0 Å². The Balaban J connectivity index is 4.34. The van der Waals surface area contributed by atoms with Crippen LogP contribution in [0, 0.1) is 5.92 Å². The first-order valence-corrected chi connectivity index (χ1v) is 4.59. The predicted octanol–water partition coefficient (Wildman–Crippen LogP) is 0.671. The SMILES string of the molecule is C=C(CC(CCC(=O)O)C(=O)O)C(=O)OC. The van der Waals surface area contributed by atoms with Crippen molar-refractivity contribution in [1.82, 2.24) is 0 Å². The third-order valence-electron chi connectivity index (χ3n) is 2.02. The Morgan fingerprint density at radius 2 is 1.88 bits per heavy atom. The van der Waals surface area contributed by atoms with Crippen molar-refractivity contribution in [1.29, 1.82) is 0 Å². The molecule has 0 saturated heterocycles. The van der Waals surface area contributed by atoms with Gasteiger partial charge in [0.25, 0.3) is 0 Å². The molecule has 0 aliphatic heterocycles. The molecule has 0 aliphatic carbocycles. The van der Waals surface area contributed by atoms with Crippen LogP contribution in [0.4, 0.5) is 0 Å². The van der Waals surface area contributed by atoms with Gasteiger partial charge in [0.2, 0.25) is 0 Å². The zero-order valence-corrected chi connectivity index (χ0v) is 8.93. The van der Waals surface area contributed by atoms with Crippen molar-refractivity contribution < 1.29 is 29.3 Å². The molecule has 0 fully saturated rings. The Morgan fingerprint density at radius 3 is 2.25 bits per heavy atom. The van der Waals surface area contributed by atoms with Crippen LogP contribution in [-0.2, 0) is 19.1 Å². The molecule has 0 aliphatic rings. The van der Waals surface area contributed by atoms with E-state index in [1.54, 1.807) is 0 Å². The maximum Gasteiger partial charge on any atom is 0.333 e. The Bertz CT molecular complexity index is 306. The molecule has 90 valence electrons. The van der Waals surface area contributed by atoms with Crippen molar-refractivity contribution in [2.24, 2.45) is 5.92 Å². The molecule has 0 aromatic rings. The van der Waals surface area contributed by atoms with Crippen molar-refractivity contribution in [3.05, 3.63) is 12.2 Å². The number of esters is 1. The van der Waals surface area contributed by atoms with Gasteiger partial charge in [0.15, 0.2) is 0 Å². The second kappa shape index (κ2) is 6.60. The summed E-state index contributed by atoms with van der Waals surface area (Å²) >= 11 is 0. The van der Waals surface area contributed by atoms with Crippen LogP contribution in [0.2, 0.25) is 0 Å². The van der Waals surface area contributed by atoms with Crippen molar-refractivity contribution in [2.45, 2.75) is 19.3 Å². The average molecular weight is 230 g/mol. The summed E-state index contributed by atoms with van der Waals surface area (Å²) in [4.78, 5) is 32.0. The highest BCUT2D eigenvalue weighted by Gasteiger charge is 2.22. The van der Waals surface area contributed by atoms with E-state index in [9.17, 15) is 14.4 Å². The summed E-state index contributed by atoms with van der Waals surface area (Å²) in [5.41, 5.74) is 0.0280. The second-order valence-corrected chi connectivity index (χ2v) is 3.27. The quantitative estimate of drug-likeness (QED) is 0.492. The van der Waals surface area contributed by atoms with Crippen LogP contribution < -0.4 is 0 Å². The fourth-order valence-corrected chi connectivity index (χ4v) is 1.14. The molecule has 0 bridgehead atoms. The van der Waals surface area contributed by atoms with Gasteiger partial charge in [-0.2, -0.15) is 0 Å². The van der Waals surface area contributed by atoms with E-state index in [2.05, 4.69) is 11.3 Å². The van der Waals surface area contributed by atoms with E-state index in [1.165, 1.54) is 7.11 Å². The van der Waals surface area contributed by atoms with Gasteiger partial charge in [-0.15, -0.1) is 0 Å². The summed E-state index contributed by atoms with van der Waals surface area (Å²) < 4.78 is 4.37. The van der Waals surface area contributed by atoms with Gasteiger partial charge in [-0.25, -0.2) is 4.79 Å². The molecule has 0 spiro atoms. The van der Waals surface area contributed by atoms with Crippen LogP contribution in [0.1, 0.15) is 19.3 Å². The molecule has 0 aromatic heterocycles. The van der Waals surface area contributed by atoms with Crippen molar-refractivity contribution in [3.63, 3.8) is 0 Å². The first-order valence-electron chi connectivity index (χ1n) is 4.59. The third kappa shape index (κ3) is 5.14. The lowest BCUT2D eigenvalue weighted by atomic mass is 9.95. The molecule has 0 saturated carbocycles. The second-order valence-electron chi connectivity index (χ2n) is 3.27. The van der Waals surface area contributed by atoms with Gasteiger partial charge in [0, 0.05) is 12.0 Å². The largest absolute Gasteiger partial charge is 0.481 e. The lowest BCUT2D eigenvalue weighted by molar-refractivity contribution is -0.143. The molecule has 16 heavy (non-hydrogen) atoms. The lowest BCUT2D eigenvalue weighted by Gasteiger charge is -2.11. The number of carboxylic acids is 2. The normalized spacial score (nSPS) is 11.6. The number of carbonyl (C=O) groups is 3. The summed E-state index contributed by atoms with van der Waals surface area (Å²) in [5, 5.41) is 17.2. The molecule has 6 heteroatoms. The number of hydrogen-bond acceptors (Lipinski definition) is 4. The van der Waals surface area contributed by atoms with Crippen LogP contribution in [-0.4, -0.2) is 35.2 Å². The summed E-state index contributed by atoms with van der Waals surface area (Å²) in [5.74, 6) is -3.83. The van der Waals surface area contributed by atoms with E-state index in [-0.39, 0.29) is 24.8 Å². The standard InChI is InChI=1S/C10H14O6/c1-6(10(15)16-2)5-7(9(13)14)3-4-8(11)12/h7H,1,3-5H2,2H3,(H,11,12)(H,13,14). The molecule has 0 heterocycles. The van der Waals surface area contributed by atoms with Crippen molar-refractivity contribution in [3.8, 4) is 0 Å². The molecule has 1 unspecified atom stereocenters. The minimum absolute atomic E-state index is 0.0280. The minimum Gasteiger partial charge on any atom is -0.481 e. The van der Waals surface area contributed by atoms with E-state index < -0.39 is 23.8 Å². The molecular formula is C10H14O6. The molecule has 0 rings (SSSR count). The van der Waals surface area contributed by atoms with E-state index in [0.29, 0.717) is 0 Å². The summed E-state index contributed by atoms with van der Waals surface area (Å²) in [7, 11) is 1.17. The van der Waals surface area contributed by atoms with Gasteiger partial charge in [-0.1, -0.05) is 6.58 Å². The third-order valence-corrected chi connectivity index (χ3v) is 2.02. The van der Waals surface area contributed by atoms with Crippen LogP contribution in [0.25, 0.3) is 0 Å². The highest BCUT2D eigenvalue weighted by Crippen LogP contribution is 2.17. The van der Waals surface area contributed by atoms with E-state index in [0.717, 1.165) is 0 Å². The minimum atomic E-state index is -1.15. The Labute approximate surface area is 92.5 Å². The van der Waals surface area contributed by atoms with Gasteiger partial charge in [-0.3, -0.25) is 9.59 Å². The van der Waals surface area contributed by atoms with E-state index >= 15 is 0 Å². The van der Waals surface area contributed by atoms with E-state index in [4.69, 9.17) is 10.2 Å². The summed E-state index contributed by atoms with van der Waals surface area (Å²) in [6.07, 6.45) is -0.401. The molecule has 0 aromatic carbocycles. The maximum atomic E-state index is 11.0. The first-order chi connectivity index (χ1) is 7.38. The average Bonchev–Trinajstić information content (AvgIpc) is 2.21. The van der Waals surface area contributed by atoms with Gasteiger partial charge in [0.1, 0.15) is 0 Å². The summed E-state index contributed by atoms with van der Waals surface area (Å²) in [6.45, 7) is 3.39. The Kier molecular flexibility index (Phi) is 5.84. The zero-order valence-electron chi connectivity index (χ0n) is 8.93. The smallest absolute Gasteiger partial charge is 0.333 e. The number of aliphatic carboxylic acids is 2. The number of rotatable bonds is 7. The summed E-state index contributed by atoms with van der Waals surface area (Å²) in [6, 6.07) is 0. The van der Waals surface area contributed by atoms with E-state index in [1.807, 2.05) is 0 Å². The number of carbonyl (C=O) groups excluding carboxylic acids is 1.